The predicted molar refractivity (Wildman–Crippen MR) is 79.2 cm³/mol. The summed E-state index contributed by atoms with van der Waals surface area (Å²) in [5.74, 6) is 5.44. The van der Waals surface area contributed by atoms with Crippen LogP contribution in [0.4, 0.5) is 5.69 Å². The van der Waals surface area contributed by atoms with E-state index in [1.165, 1.54) is 6.20 Å². The van der Waals surface area contributed by atoms with Crippen LogP contribution >= 0.6 is 0 Å². The van der Waals surface area contributed by atoms with Crippen LogP contribution in [0, 0.1) is 23.2 Å². The van der Waals surface area contributed by atoms with Gasteiger partial charge in [0.25, 0.3) is 5.91 Å². The van der Waals surface area contributed by atoms with E-state index >= 15 is 0 Å². The highest BCUT2D eigenvalue weighted by Gasteiger charge is 2.08. The Bertz CT molecular complexity index is 596. The number of carbonyl (C=O) groups excluding carboxylic acids is 1. The number of nitrogen functional groups attached to an aromatic ring is 1. The van der Waals surface area contributed by atoms with Gasteiger partial charge in [-0.25, -0.2) is 4.98 Å². The quantitative estimate of drug-likeness (QED) is 0.626. The third-order valence-corrected chi connectivity index (χ3v) is 2.74. The van der Waals surface area contributed by atoms with Crippen molar-refractivity contribution in [2.75, 3.05) is 25.4 Å². The molecule has 1 amide bonds. The maximum absolute atomic E-state index is 11.6. The van der Waals surface area contributed by atoms with Crippen molar-refractivity contribution in [1.82, 2.24) is 9.88 Å². The second-order valence-corrected chi connectivity index (χ2v) is 4.18. The van der Waals surface area contributed by atoms with E-state index in [0.29, 0.717) is 37.6 Å². The summed E-state index contributed by atoms with van der Waals surface area (Å²) in [5, 5.41) is 8.73. The van der Waals surface area contributed by atoms with Gasteiger partial charge in [0.2, 0.25) is 0 Å². The minimum Gasteiger partial charge on any atom is -0.492 e. The molecule has 110 valence electrons. The van der Waals surface area contributed by atoms with Crippen molar-refractivity contribution in [3.63, 3.8) is 0 Å². The zero-order chi connectivity index (χ0) is 15.7. The fourth-order valence-electron chi connectivity index (χ4n) is 1.67. The average Bonchev–Trinajstić information content (AvgIpc) is 2.47. The lowest BCUT2D eigenvalue weighted by Crippen LogP contribution is -2.31. The molecule has 0 spiro atoms. The van der Waals surface area contributed by atoms with E-state index in [9.17, 15) is 4.79 Å². The van der Waals surface area contributed by atoms with Gasteiger partial charge in [0.05, 0.1) is 18.5 Å². The molecule has 21 heavy (non-hydrogen) atoms. The molecule has 0 saturated heterocycles. The zero-order valence-corrected chi connectivity index (χ0v) is 12.2. The van der Waals surface area contributed by atoms with Crippen LogP contribution in [-0.2, 0) is 4.79 Å². The van der Waals surface area contributed by atoms with Crippen LogP contribution in [0.3, 0.4) is 0 Å². The van der Waals surface area contributed by atoms with Crippen LogP contribution in [0.15, 0.2) is 12.3 Å². The number of nitrogens with two attached hydrogens (primary N) is 1. The molecule has 0 aliphatic heterocycles. The van der Waals surface area contributed by atoms with Crippen LogP contribution in [-0.4, -0.2) is 35.5 Å². The number of amides is 1. The minimum absolute atomic E-state index is 0.177. The Morgan fingerprint density at radius 3 is 2.90 bits per heavy atom. The molecule has 0 fully saturated rings. The van der Waals surface area contributed by atoms with Crippen molar-refractivity contribution >= 4 is 11.6 Å². The van der Waals surface area contributed by atoms with Crippen LogP contribution in [0.25, 0.3) is 0 Å². The summed E-state index contributed by atoms with van der Waals surface area (Å²) >= 11 is 0. The van der Waals surface area contributed by atoms with Gasteiger partial charge in [-0.3, -0.25) is 4.79 Å². The summed E-state index contributed by atoms with van der Waals surface area (Å²) in [6.45, 7) is 5.15. The van der Waals surface area contributed by atoms with E-state index in [1.807, 2.05) is 13.0 Å². The van der Waals surface area contributed by atoms with Crippen LogP contribution < -0.4 is 10.5 Å². The second kappa shape index (κ2) is 8.44. The topological polar surface area (TPSA) is 92.2 Å². The zero-order valence-electron chi connectivity index (χ0n) is 12.2. The van der Waals surface area contributed by atoms with E-state index in [1.54, 1.807) is 17.9 Å². The molecule has 0 aromatic carbocycles. The van der Waals surface area contributed by atoms with Gasteiger partial charge in [-0.15, -0.1) is 0 Å². The Hall–Kier alpha value is -2.73. The second-order valence-electron chi connectivity index (χ2n) is 4.18. The number of carbonyl (C=O) groups is 1. The number of hydrogen-bond acceptors (Lipinski definition) is 5. The third-order valence-electron chi connectivity index (χ3n) is 2.74. The number of rotatable bonds is 6. The van der Waals surface area contributed by atoms with Gasteiger partial charge in [-0.05, 0) is 26.2 Å². The molecule has 0 atom stereocenters. The van der Waals surface area contributed by atoms with Crippen molar-refractivity contribution in [2.24, 2.45) is 0 Å². The first-order valence-corrected chi connectivity index (χ1v) is 6.62. The number of nitrogens with zero attached hydrogens (tertiary/aromatic N) is 3. The molecule has 0 aliphatic carbocycles. The standard InChI is InChI=1S/C15H18N4O2/c1-3-6-15(20)19(4-2)7-5-8-21-12-9-13(17)14(10-16)18-11-12/h9,11H,4-5,7-8,17H2,1-2H3. The molecule has 1 aromatic rings. The van der Waals surface area contributed by atoms with E-state index in [2.05, 4.69) is 16.8 Å². The molecule has 1 heterocycles. The average molecular weight is 286 g/mol. The van der Waals surface area contributed by atoms with E-state index in [4.69, 9.17) is 15.7 Å². The Kier molecular flexibility index (Phi) is 6.56. The molecule has 0 bridgehead atoms. The number of pyridine rings is 1. The molecule has 0 radical (unpaired) electrons. The number of hydrogen-bond donors (Lipinski definition) is 1. The highest BCUT2D eigenvalue weighted by molar-refractivity contribution is 5.93. The Morgan fingerprint density at radius 1 is 1.57 bits per heavy atom. The number of ether oxygens (including phenoxy) is 1. The van der Waals surface area contributed by atoms with Crippen LogP contribution in [0.2, 0.25) is 0 Å². The molecule has 0 saturated carbocycles. The molecular formula is C15H18N4O2. The molecule has 1 rings (SSSR count). The summed E-state index contributed by atoms with van der Waals surface area (Å²) in [5.41, 5.74) is 6.12. The molecule has 1 aromatic heterocycles. The lowest BCUT2D eigenvalue weighted by molar-refractivity contribution is -0.125. The molecular weight excluding hydrogens is 268 g/mol. The van der Waals surface area contributed by atoms with Crippen molar-refractivity contribution in [2.45, 2.75) is 20.3 Å². The first kappa shape index (κ1) is 16.3. The number of nitriles is 1. The lowest BCUT2D eigenvalue weighted by Gasteiger charge is -2.17. The normalized spacial score (nSPS) is 9.19. The molecule has 0 aliphatic rings. The first-order chi connectivity index (χ1) is 10.1. The smallest absolute Gasteiger partial charge is 0.298 e. The number of aromatic nitrogens is 1. The summed E-state index contributed by atoms with van der Waals surface area (Å²) in [6, 6.07) is 3.45. The maximum Gasteiger partial charge on any atom is 0.298 e. The van der Waals surface area contributed by atoms with Gasteiger partial charge in [0.1, 0.15) is 11.8 Å². The summed E-state index contributed by atoms with van der Waals surface area (Å²) in [7, 11) is 0. The SMILES string of the molecule is CC#CC(=O)N(CC)CCCOc1cnc(C#N)c(N)c1. The number of anilines is 1. The fraction of sp³-hybridized carbons (Fsp3) is 0.400. The monoisotopic (exact) mass is 286 g/mol. The minimum atomic E-state index is -0.177. The third kappa shape index (κ3) is 5.04. The Morgan fingerprint density at radius 2 is 2.33 bits per heavy atom. The van der Waals surface area contributed by atoms with Crippen molar-refractivity contribution in [3.8, 4) is 23.7 Å². The molecule has 6 heteroatoms. The van der Waals surface area contributed by atoms with Gasteiger partial charge in [0.15, 0.2) is 5.69 Å². The molecule has 2 N–H and O–H groups in total. The van der Waals surface area contributed by atoms with E-state index in [-0.39, 0.29) is 11.6 Å². The van der Waals surface area contributed by atoms with Crippen LogP contribution in [0.1, 0.15) is 26.0 Å². The van der Waals surface area contributed by atoms with Crippen molar-refractivity contribution in [1.29, 1.82) is 5.26 Å². The van der Waals surface area contributed by atoms with E-state index in [0.717, 1.165) is 0 Å². The summed E-state index contributed by atoms with van der Waals surface area (Å²) in [4.78, 5) is 17.2. The van der Waals surface area contributed by atoms with Crippen molar-refractivity contribution in [3.05, 3.63) is 18.0 Å². The largest absolute Gasteiger partial charge is 0.492 e. The summed E-state index contributed by atoms with van der Waals surface area (Å²) < 4.78 is 5.50. The van der Waals surface area contributed by atoms with E-state index < -0.39 is 0 Å². The fourth-order valence-corrected chi connectivity index (χ4v) is 1.67. The lowest BCUT2D eigenvalue weighted by atomic mass is 10.3. The van der Waals surface area contributed by atoms with Gasteiger partial charge in [0, 0.05) is 19.2 Å². The van der Waals surface area contributed by atoms with Gasteiger partial charge in [-0.1, -0.05) is 5.92 Å². The highest BCUT2D eigenvalue weighted by Crippen LogP contribution is 2.16. The maximum atomic E-state index is 11.6. The molecule has 6 nitrogen and oxygen atoms in total. The van der Waals surface area contributed by atoms with Gasteiger partial charge < -0.3 is 15.4 Å². The van der Waals surface area contributed by atoms with Gasteiger partial charge in [-0.2, -0.15) is 5.26 Å². The van der Waals surface area contributed by atoms with Crippen molar-refractivity contribution < 1.29 is 9.53 Å². The van der Waals surface area contributed by atoms with Gasteiger partial charge >= 0.3 is 0 Å². The molecule has 0 unspecified atom stereocenters. The Balaban J connectivity index is 2.43. The Labute approximate surface area is 124 Å². The predicted octanol–water partition coefficient (Wildman–Crippen LogP) is 1.18. The summed E-state index contributed by atoms with van der Waals surface area (Å²) in [6.07, 6.45) is 2.13. The highest BCUT2D eigenvalue weighted by atomic mass is 16.5. The van der Waals surface area contributed by atoms with Crippen LogP contribution in [0.5, 0.6) is 5.75 Å². The first-order valence-electron chi connectivity index (χ1n) is 6.62.